The molecule has 21 heavy (non-hydrogen) atoms. The van der Waals surface area contributed by atoms with Crippen molar-refractivity contribution in [2.45, 2.75) is 51.5 Å². The van der Waals surface area contributed by atoms with E-state index >= 15 is 0 Å². The normalized spacial score (nSPS) is 24.8. The van der Waals surface area contributed by atoms with Crippen molar-refractivity contribution >= 4 is 0 Å². The zero-order valence-electron chi connectivity index (χ0n) is 13.1. The summed E-state index contributed by atoms with van der Waals surface area (Å²) in [6.45, 7) is 4.70. The third-order valence-electron chi connectivity index (χ3n) is 4.81. The molecule has 1 fully saturated rings. The average molecular weight is 289 g/mol. The molecule has 1 heterocycles. The molecule has 1 aromatic carbocycles. The van der Waals surface area contributed by atoms with E-state index in [0.717, 1.165) is 36.4 Å². The van der Waals surface area contributed by atoms with Crippen molar-refractivity contribution < 1.29 is 9.47 Å². The summed E-state index contributed by atoms with van der Waals surface area (Å²) in [4.78, 5) is 0. The lowest BCUT2D eigenvalue weighted by molar-refractivity contribution is 0.171. The highest BCUT2D eigenvalue weighted by molar-refractivity contribution is 5.43. The Morgan fingerprint density at radius 2 is 2.00 bits per heavy atom. The van der Waals surface area contributed by atoms with Crippen molar-refractivity contribution in [2.75, 3.05) is 19.8 Å². The summed E-state index contributed by atoms with van der Waals surface area (Å²) in [5, 5.41) is 3.74. The van der Waals surface area contributed by atoms with Crippen LogP contribution in [0, 0.1) is 5.92 Å². The van der Waals surface area contributed by atoms with Crippen LogP contribution in [0.15, 0.2) is 18.2 Å². The summed E-state index contributed by atoms with van der Waals surface area (Å²) >= 11 is 0. The molecule has 3 rings (SSSR count). The third kappa shape index (κ3) is 3.91. The molecular formula is C18H27NO2. The molecule has 0 bridgehead atoms. The first-order valence-corrected chi connectivity index (χ1v) is 8.47. The van der Waals surface area contributed by atoms with Gasteiger partial charge in [-0.15, -0.1) is 0 Å². The monoisotopic (exact) mass is 289 g/mol. The van der Waals surface area contributed by atoms with Crippen molar-refractivity contribution in [2.24, 2.45) is 5.92 Å². The Kier molecular flexibility index (Phi) is 5.02. The van der Waals surface area contributed by atoms with Crippen LogP contribution in [0.5, 0.6) is 11.5 Å². The number of fused-ring (bicyclic) bond motifs is 1. The molecule has 3 heteroatoms. The average Bonchev–Trinajstić information content (AvgIpc) is 2.55. The summed E-state index contributed by atoms with van der Waals surface area (Å²) in [7, 11) is 0. The first-order chi connectivity index (χ1) is 10.3. The minimum Gasteiger partial charge on any atom is -0.486 e. The summed E-state index contributed by atoms with van der Waals surface area (Å²) in [5.41, 5.74) is 1.33. The second-order valence-corrected chi connectivity index (χ2v) is 6.32. The van der Waals surface area contributed by atoms with Gasteiger partial charge in [0.05, 0.1) is 0 Å². The van der Waals surface area contributed by atoms with E-state index in [1.807, 2.05) is 6.07 Å². The minimum atomic E-state index is 0.661. The minimum absolute atomic E-state index is 0.661. The SMILES string of the molecule is CCC1CCCC(NCCc2ccc3c(c2)OCCO3)C1. The Morgan fingerprint density at radius 3 is 2.86 bits per heavy atom. The van der Waals surface area contributed by atoms with E-state index in [-0.39, 0.29) is 0 Å². The lowest BCUT2D eigenvalue weighted by Crippen LogP contribution is -2.35. The van der Waals surface area contributed by atoms with Gasteiger partial charge in [-0.25, -0.2) is 0 Å². The molecule has 1 saturated carbocycles. The van der Waals surface area contributed by atoms with Gasteiger partial charge >= 0.3 is 0 Å². The maximum Gasteiger partial charge on any atom is 0.161 e. The van der Waals surface area contributed by atoms with Gasteiger partial charge in [0.25, 0.3) is 0 Å². The fourth-order valence-corrected chi connectivity index (χ4v) is 3.51. The van der Waals surface area contributed by atoms with E-state index < -0.39 is 0 Å². The largest absolute Gasteiger partial charge is 0.486 e. The predicted molar refractivity (Wildman–Crippen MR) is 85.2 cm³/mol. The molecule has 0 aromatic heterocycles. The van der Waals surface area contributed by atoms with Crippen LogP contribution in [0.25, 0.3) is 0 Å². The van der Waals surface area contributed by atoms with Crippen molar-refractivity contribution in [3.63, 3.8) is 0 Å². The van der Waals surface area contributed by atoms with E-state index in [1.165, 1.54) is 37.7 Å². The second kappa shape index (κ2) is 7.17. The van der Waals surface area contributed by atoms with E-state index in [2.05, 4.69) is 24.4 Å². The van der Waals surface area contributed by atoms with Gasteiger partial charge < -0.3 is 14.8 Å². The van der Waals surface area contributed by atoms with Crippen LogP contribution in [0.3, 0.4) is 0 Å². The summed E-state index contributed by atoms with van der Waals surface area (Å²) in [5.74, 6) is 2.73. The van der Waals surface area contributed by atoms with E-state index in [4.69, 9.17) is 9.47 Å². The molecule has 1 aliphatic carbocycles. The lowest BCUT2D eigenvalue weighted by atomic mass is 9.84. The first-order valence-electron chi connectivity index (χ1n) is 8.47. The molecule has 2 aliphatic rings. The van der Waals surface area contributed by atoms with Crippen LogP contribution >= 0.6 is 0 Å². The quantitative estimate of drug-likeness (QED) is 0.899. The molecule has 1 N–H and O–H groups in total. The molecule has 0 amide bonds. The molecule has 0 radical (unpaired) electrons. The lowest BCUT2D eigenvalue weighted by Gasteiger charge is -2.29. The molecule has 1 aliphatic heterocycles. The molecule has 116 valence electrons. The van der Waals surface area contributed by atoms with Gasteiger partial charge in [0.1, 0.15) is 13.2 Å². The fourth-order valence-electron chi connectivity index (χ4n) is 3.51. The van der Waals surface area contributed by atoms with Gasteiger partial charge in [-0.1, -0.05) is 32.3 Å². The van der Waals surface area contributed by atoms with Crippen LogP contribution in [0.2, 0.25) is 0 Å². The van der Waals surface area contributed by atoms with Gasteiger partial charge in [0, 0.05) is 6.04 Å². The number of benzene rings is 1. The standard InChI is InChI=1S/C18H27NO2/c1-2-14-4-3-5-16(12-14)19-9-8-15-6-7-17-18(13-15)21-11-10-20-17/h6-7,13-14,16,19H,2-5,8-12H2,1H3. The summed E-state index contributed by atoms with van der Waals surface area (Å²) in [6, 6.07) is 7.05. The Morgan fingerprint density at radius 1 is 1.14 bits per heavy atom. The number of rotatable bonds is 5. The highest BCUT2D eigenvalue weighted by Crippen LogP contribution is 2.31. The zero-order chi connectivity index (χ0) is 14.5. The van der Waals surface area contributed by atoms with E-state index in [1.54, 1.807) is 0 Å². The number of hydrogen-bond acceptors (Lipinski definition) is 3. The van der Waals surface area contributed by atoms with E-state index in [9.17, 15) is 0 Å². The van der Waals surface area contributed by atoms with Crippen LogP contribution in [0.1, 0.15) is 44.6 Å². The first kappa shape index (κ1) is 14.7. The van der Waals surface area contributed by atoms with Gasteiger partial charge in [-0.05, 0) is 49.4 Å². The van der Waals surface area contributed by atoms with Crippen LogP contribution < -0.4 is 14.8 Å². The van der Waals surface area contributed by atoms with Crippen LogP contribution in [-0.2, 0) is 6.42 Å². The highest BCUT2D eigenvalue weighted by Gasteiger charge is 2.20. The van der Waals surface area contributed by atoms with Gasteiger partial charge in [-0.3, -0.25) is 0 Å². The molecular weight excluding hydrogens is 262 g/mol. The van der Waals surface area contributed by atoms with Crippen molar-refractivity contribution in [1.29, 1.82) is 0 Å². The van der Waals surface area contributed by atoms with Gasteiger partial charge in [-0.2, -0.15) is 0 Å². The van der Waals surface area contributed by atoms with Crippen molar-refractivity contribution in [1.82, 2.24) is 5.32 Å². The zero-order valence-corrected chi connectivity index (χ0v) is 13.1. The second-order valence-electron chi connectivity index (χ2n) is 6.32. The third-order valence-corrected chi connectivity index (χ3v) is 4.81. The van der Waals surface area contributed by atoms with Crippen LogP contribution in [-0.4, -0.2) is 25.8 Å². The smallest absolute Gasteiger partial charge is 0.161 e. The maximum atomic E-state index is 5.64. The molecule has 2 unspecified atom stereocenters. The topological polar surface area (TPSA) is 30.5 Å². The van der Waals surface area contributed by atoms with Gasteiger partial charge in [0.15, 0.2) is 11.5 Å². The molecule has 0 saturated heterocycles. The molecule has 3 nitrogen and oxygen atoms in total. The van der Waals surface area contributed by atoms with Crippen molar-refractivity contribution in [3.8, 4) is 11.5 Å². The Hall–Kier alpha value is -1.22. The predicted octanol–water partition coefficient (Wildman–Crippen LogP) is 3.56. The maximum absolute atomic E-state index is 5.64. The number of nitrogens with one attached hydrogen (secondary N) is 1. The Bertz CT molecular complexity index is 461. The fraction of sp³-hybridized carbons (Fsp3) is 0.667. The molecule has 2 atom stereocenters. The van der Waals surface area contributed by atoms with E-state index in [0.29, 0.717) is 13.2 Å². The molecule has 0 spiro atoms. The highest BCUT2D eigenvalue weighted by atomic mass is 16.6. The molecule has 1 aromatic rings. The number of hydrogen-bond donors (Lipinski definition) is 1. The Balaban J connectivity index is 1.47. The summed E-state index contributed by atoms with van der Waals surface area (Å²) < 4.78 is 11.2. The van der Waals surface area contributed by atoms with Gasteiger partial charge in [0.2, 0.25) is 0 Å². The summed E-state index contributed by atoms with van der Waals surface area (Å²) in [6.07, 6.45) is 7.91. The van der Waals surface area contributed by atoms with Crippen molar-refractivity contribution in [3.05, 3.63) is 23.8 Å². The Labute approximate surface area is 128 Å². The van der Waals surface area contributed by atoms with Crippen LogP contribution in [0.4, 0.5) is 0 Å². The number of ether oxygens (including phenoxy) is 2.